The van der Waals surface area contributed by atoms with Crippen LogP contribution in [-0.2, 0) is 6.54 Å². The lowest BCUT2D eigenvalue weighted by Gasteiger charge is -2.23. The first kappa shape index (κ1) is 13.7. The summed E-state index contributed by atoms with van der Waals surface area (Å²) in [6.07, 6.45) is 4.58. The predicted octanol–water partition coefficient (Wildman–Crippen LogP) is 2.19. The van der Waals surface area contributed by atoms with Gasteiger partial charge in [0, 0.05) is 19.2 Å². The van der Waals surface area contributed by atoms with Gasteiger partial charge in [-0.1, -0.05) is 6.07 Å². The molecule has 0 unspecified atom stereocenters. The minimum Gasteiger partial charge on any atom is -0.486 e. The number of ether oxygens (including phenoxy) is 2. The van der Waals surface area contributed by atoms with E-state index in [4.69, 9.17) is 14.6 Å². The third-order valence-corrected chi connectivity index (χ3v) is 3.91. The van der Waals surface area contributed by atoms with Crippen LogP contribution < -0.4 is 9.47 Å². The lowest BCUT2D eigenvalue weighted by atomic mass is 10.1. The van der Waals surface area contributed by atoms with Crippen LogP contribution in [0.3, 0.4) is 0 Å². The first-order valence-corrected chi connectivity index (χ1v) is 7.60. The zero-order chi connectivity index (χ0) is 13.8. The Hall–Kier alpha value is -1.26. The topological polar surface area (TPSA) is 41.9 Å². The number of aliphatic hydroxyl groups excluding tert-OH is 1. The Kier molecular flexibility index (Phi) is 4.43. The van der Waals surface area contributed by atoms with E-state index < -0.39 is 0 Å². The summed E-state index contributed by atoms with van der Waals surface area (Å²) in [6, 6.07) is 7.00. The maximum absolute atomic E-state index is 8.91. The van der Waals surface area contributed by atoms with E-state index >= 15 is 0 Å². The molecule has 1 N–H and O–H groups in total. The van der Waals surface area contributed by atoms with Crippen LogP contribution in [0.4, 0.5) is 0 Å². The van der Waals surface area contributed by atoms with Crippen molar-refractivity contribution in [3.05, 3.63) is 23.8 Å². The molecule has 0 radical (unpaired) electrons. The number of benzene rings is 1. The molecular weight excluding hydrogens is 254 g/mol. The molecule has 0 atom stereocenters. The van der Waals surface area contributed by atoms with Crippen LogP contribution in [0.25, 0.3) is 0 Å². The van der Waals surface area contributed by atoms with Gasteiger partial charge in [-0.2, -0.15) is 0 Å². The molecule has 1 fully saturated rings. The molecule has 0 bridgehead atoms. The summed E-state index contributed by atoms with van der Waals surface area (Å²) < 4.78 is 11.2. The van der Waals surface area contributed by atoms with E-state index in [1.807, 2.05) is 6.07 Å². The molecule has 3 rings (SSSR count). The van der Waals surface area contributed by atoms with Crippen molar-refractivity contribution in [3.63, 3.8) is 0 Å². The van der Waals surface area contributed by atoms with Gasteiger partial charge in [-0.15, -0.1) is 0 Å². The second-order valence-corrected chi connectivity index (χ2v) is 5.61. The molecule has 2 aliphatic rings. The third-order valence-electron chi connectivity index (χ3n) is 3.91. The molecule has 1 heterocycles. The van der Waals surface area contributed by atoms with Crippen LogP contribution in [0.5, 0.6) is 11.5 Å². The van der Waals surface area contributed by atoms with Gasteiger partial charge in [0.05, 0.1) is 0 Å². The minimum absolute atomic E-state index is 0.294. The molecular formula is C16H23NO3. The zero-order valence-corrected chi connectivity index (χ0v) is 11.9. The highest BCUT2D eigenvalue weighted by atomic mass is 16.6. The Labute approximate surface area is 120 Å². The average molecular weight is 277 g/mol. The minimum atomic E-state index is 0.294. The van der Waals surface area contributed by atoms with Crippen molar-refractivity contribution in [2.24, 2.45) is 0 Å². The molecule has 4 heteroatoms. The second kappa shape index (κ2) is 6.46. The van der Waals surface area contributed by atoms with E-state index in [0.29, 0.717) is 19.8 Å². The van der Waals surface area contributed by atoms with Gasteiger partial charge in [0.15, 0.2) is 11.5 Å². The molecule has 1 aromatic carbocycles. The average Bonchev–Trinajstić information content (AvgIpc) is 3.31. The van der Waals surface area contributed by atoms with E-state index in [1.165, 1.54) is 18.4 Å². The maximum atomic E-state index is 8.91. The number of rotatable bonds is 7. The monoisotopic (exact) mass is 277 g/mol. The number of unbranched alkanes of at least 4 members (excludes halogenated alkanes) is 1. The summed E-state index contributed by atoms with van der Waals surface area (Å²) in [4.78, 5) is 2.53. The lowest BCUT2D eigenvalue weighted by molar-refractivity contribution is 0.171. The van der Waals surface area contributed by atoms with Gasteiger partial charge in [-0.3, -0.25) is 4.90 Å². The van der Waals surface area contributed by atoms with Crippen molar-refractivity contribution in [1.29, 1.82) is 0 Å². The van der Waals surface area contributed by atoms with Crippen LogP contribution in [0.15, 0.2) is 18.2 Å². The summed E-state index contributed by atoms with van der Waals surface area (Å²) in [7, 11) is 0. The van der Waals surface area contributed by atoms with Crippen LogP contribution >= 0.6 is 0 Å². The summed E-state index contributed by atoms with van der Waals surface area (Å²) >= 11 is 0. The van der Waals surface area contributed by atoms with E-state index in [2.05, 4.69) is 17.0 Å². The van der Waals surface area contributed by atoms with Crippen molar-refractivity contribution in [2.45, 2.75) is 38.3 Å². The summed E-state index contributed by atoms with van der Waals surface area (Å²) in [5, 5.41) is 8.91. The van der Waals surface area contributed by atoms with Gasteiger partial charge in [-0.25, -0.2) is 0 Å². The highest BCUT2D eigenvalue weighted by Crippen LogP contribution is 2.33. The highest BCUT2D eigenvalue weighted by Gasteiger charge is 2.28. The van der Waals surface area contributed by atoms with Crippen LogP contribution in [0, 0.1) is 0 Å². The molecule has 1 aliphatic carbocycles. The predicted molar refractivity (Wildman–Crippen MR) is 77.2 cm³/mol. The van der Waals surface area contributed by atoms with Crippen LogP contribution in [0.1, 0.15) is 31.2 Å². The maximum Gasteiger partial charge on any atom is 0.161 e. The van der Waals surface area contributed by atoms with Gasteiger partial charge in [-0.05, 0) is 49.9 Å². The fourth-order valence-corrected chi connectivity index (χ4v) is 2.68. The van der Waals surface area contributed by atoms with Crippen LogP contribution in [-0.4, -0.2) is 42.4 Å². The smallest absolute Gasteiger partial charge is 0.161 e. The molecule has 1 aromatic rings. The molecule has 0 amide bonds. The van der Waals surface area contributed by atoms with E-state index in [0.717, 1.165) is 43.5 Å². The quantitative estimate of drug-likeness (QED) is 0.776. The molecule has 0 aromatic heterocycles. The van der Waals surface area contributed by atoms with Gasteiger partial charge >= 0.3 is 0 Å². The van der Waals surface area contributed by atoms with Gasteiger partial charge < -0.3 is 14.6 Å². The van der Waals surface area contributed by atoms with Crippen molar-refractivity contribution < 1.29 is 14.6 Å². The zero-order valence-electron chi connectivity index (χ0n) is 11.9. The number of nitrogens with zero attached hydrogens (tertiary/aromatic N) is 1. The highest BCUT2D eigenvalue weighted by molar-refractivity contribution is 5.43. The van der Waals surface area contributed by atoms with E-state index in [9.17, 15) is 0 Å². The van der Waals surface area contributed by atoms with E-state index in [-0.39, 0.29) is 0 Å². The largest absolute Gasteiger partial charge is 0.486 e. The summed E-state index contributed by atoms with van der Waals surface area (Å²) in [6.45, 7) is 3.61. The first-order chi connectivity index (χ1) is 9.86. The molecule has 1 aliphatic heterocycles. The number of hydrogen-bond donors (Lipinski definition) is 1. The molecule has 0 saturated heterocycles. The molecule has 4 nitrogen and oxygen atoms in total. The Morgan fingerprint density at radius 2 is 1.90 bits per heavy atom. The first-order valence-electron chi connectivity index (χ1n) is 7.60. The lowest BCUT2D eigenvalue weighted by Crippen LogP contribution is -2.27. The van der Waals surface area contributed by atoms with Gasteiger partial charge in [0.2, 0.25) is 0 Å². The van der Waals surface area contributed by atoms with Crippen molar-refractivity contribution >= 4 is 0 Å². The fraction of sp³-hybridized carbons (Fsp3) is 0.625. The van der Waals surface area contributed by atoms with Crippen molar-refractivity contribution in [1.82, 2.24) is 4.90 Å². The summed E-state index contributed by atoms with van der Waals surface area (Å²) in [5.74, 6) is 1.73. The van der Waals surface area contributed by atoms with Gasteiger partial charge in [0.25, 0.3) is 0 Å². The Bertz CT molecular complexity index is 445. The van der Waals surface area contributed by atoms with E-state index in [1.54, 1.807) is 0 Å². The molecule has 0 spiro atoms. The molecule has 110 valence electrons. The normalized spacial score (nSPS) is 17.5. The van der Waals surface area contributed by atoms with Crippen molar-refractivity contribution in [2.75, 3.05) is 26.4 Å². The fourth-order valence-electron chi connectivity index (χ4n) is 2.68. The number of aliphatic hydroxyl groups is 1. The second-order valence-electron chi connectivity index (χ2n) is 5.61. The SMILES string of the molecule is OCCCCN(Cc1ccc2c(c1)OCCO2)C1CC1. The molecule has 20 heavy (non-hydrogen) atoms. The van der Waals surface area contributed by atoms with Crippen LogP contribution in [0.2, 0.25) is 0 Å². The van der Waals surface area contributed by atoms with Crippen molar-refractivity contribution in [3.8, 4) is 11.5 Å². The number of fused-ring (bicyclic) bond motifs is 1. The Morgan fingerprint density at radius 3 is 2.65 bits per heavy atom. The number of hydrogen-bond acceptors (Lipinski definition) is 4. The standard InChI is InChI=1S/C16H23NO3/c18-8-2-1-7-17(14-4-5-14)12-13-3-6-15-16(11-13)20-10-9-19-15/h3,6,11,14,18H,1-2,4-5,7-10,12H2. The van der Waals surface area contributed by atoms with Gasteiger partial charge in [0.1, 0.15) is 13.2 Å². The molecule has 1 saturated carbocycles. The summed E-state index contributed by atoms with van der Waals surface area (Å²) in [5.41, 5.74) is 1.28. The Morgan fingerprint density at radius 1 is 1.10 bits per heavy atom. The Balaban J connectivity index is 1.62. The third kappa shape index (κ3) is 3.44.